The van der Waals surface area contributed by atoms with Gasteiger partial charge in [0.2, 0.25) is 0 Å². The number of amides is 1. The van der Waals surface area contributed by atoms with Crippen LogP contribution in [0, 0.1) is 0 Å². The maximum absolute atomic E-state index is 12.1. The van der Waals surface area contributed by atoms with Gasteiger partial charge < -0.3 is 24.7 Å². The highest BCUT2D eigenvalue weighted by Crippen LogP contribution is 2.09. The van der Waals surface area contributed by atoms with Crippen molar-refractivity contribution >= 4 is 11.6 Å². The molecule has 6 heteroatoms. The molecule has 2 aromatic rings. The summed E-state index contributed by atoms with van der Waals surface area (Å²) in [4.78, 5) is 13.6. The molecule has 0 saturated carbocycles. The van der Waals surface area contributed by atoms with E-state index in [1.165, 1.54) is 5.56 Å². The second kappa shape index (κ2) is 8.80. The minimum Gasteiger partial charge on any atom is -0.463 e. The van der Waals surface area contributed by atoms with Crippen molar-refractivity contribution in [2.24, 2.45) is 0 Å². The summed E-state index contributed by atoms with van der Waals surface area (Å²) in [7, 11) is 0. The predicted octanol–water partition coefficient (Wildman–Crippen LogP) is -0.0422. The normalized spacial score (nSPS) is 16.5. The summed E-state index contributed by atoms with van der Waals surface area (Å²) in [6.07, 6.45) is 1.65. The quantitative estimate of drug-likeness (QED) is 0.659. The third-order valence-electron chi connectivity index (χ3n) is 4.54. The van der Waals surface area contributed by atoms with Gasteiger partial charge in [0.15, 0.2) is 12.3 Å². The SMILES string of the molecule is C[C@H]([NH2+]CC(=O)Nc1ccc(C[NH+]2CCOCC2)cc1)c1ccco1. The Bertz CT molecular complexity index is 649. The molecule has 1 atom stereocenters. The van der Waals surface area contributed by atoms with E-state index in [1.54, 1.807) is 11.2 Å². The molecule has 0 unspecified atom stereocenters. The minimum absolute atomic E-state index is 0.00930. The molecule has 1 aromatic carbocycles. The number of furan rings is 1. The Kier molecular flexibility index (Phi) is 6.22. The van der Waals surface area contributed by atoms with Gasteiger partial charge in [-0.1, -0.05) is 12.1 Å². The molecule has 134 valence electrons. The summed E-state index contributed by atoms with van der Waals surface area (Å²) >= 11 is 0. The Balaban J connectivity index is 1.43. The topological polar surface area (TPSA) is 72.5 Å². The molecule has 1 amide bonds. The van der Waals surface area contributed by atoms with E-state index in [0.717, 1.165) is 44.3 Å². The minimum atomic E-state index is -0.00930. The van der Waals surface area contributed by atoms with Gasteiger partial charge in [-0.3, -0.25) is 4.79 Å². The Morgan fingerprint density at radius 1 is 1.24 bits per heavy atom. The zero-order valence-electron chi connectivity index (χ0n) is 14.7. The van der Waals surface area contributed by atoms with Crippen molar-refractivity contribution in [1.29, 1.82) is 0 Å². The summed E-state index contributed by atoms with van der Waals surface area (Å²) < 4.78 is 10.7. The van der Waals surface area contributed by atoms with Crippen molar-refractivity contribution in [2.45, 2.75) is 19.5 Å². The second-order valence-corrected chi connectivity index (χ2v) is 6.53. The summed E-state index contributed by atoms with van der Waals surface area (Å²) in [5.41, 5.74) is 2.12. The van der Waals surface area contributed by atoms with Gasteiger partial charge in [0.25, 0.3) is 5.91 Å². The van der Waals surface area contributed by atoms with Crippen LogP contribution in [-0.4, -0.2) is 38.8 Å². The van der Waals surface area contributed by atoms with Gasteiger partial charge in [-0.15, -0.1) is 0 Å². The van der Waals surface area contributed by atoms with Crippen LogP contribution in [0.1, 0.15) is 24.3 Å². The lowest BCUT2D eigenvalue weighted by Crippen LogP contribution is -3.12. The van der Waals surface area contributed by atoms with E-state index in [2.05, 4.69) is 17.4 Å². The molecule has 2 heterocycles. The van der Waals surface area contributed by atoms with Gasteiger partial charge in [-0.05, 0) is 31.2 Å². The second-order valence-electron chi connectivity index (χ2n) is 6.53. The van der Waals surface area contributed by atoms with E-state index in [4.69, 9.17) is 9.15 Å². The van der Waals surface area contributed by atoms with Crippen LogP contribution in [0.25, 0.3) is 0 Å². The van der Waals surface area contributed by atoms with E-state index in [9.17, 15) is 4.79 Å². The molecule has 0 aliphatic carbocycles. The predicted molar refractivity (Wildman–Crippen MR) is 94.2 cm³/mol. The maximum atomic E-state index is 12.1. The number of quaternary nitrogens is 2. The maximum Gasteiger partial charge on any atom is 0.279 e. The number of morpholine rings is 1. The molecule has 1 aliphatic heterocycles. The van der Waals surface area contributed by atoms with Crippen molar-refractivity contribution in [3.8, 4) is 0 Å². The van der Waals surface area contributed by atoms with Crippen molar-refractivity contribution in [3.05, 3.63) is 54.0 Å². The van der Waals surface area contributed by atoms with E-state index in [0.29, 0.717) is 6.54 Å². The van der Waals surface area contributed by atoms with E-state index in [-0.39, 0.29) is 11.9 Å². The largest absolute Gasteiger partial charge is 0.463 e. The number of anilines is 1. The molecular formula is C19H27N3O3+2. The monoisotopic (exact) mass is 345 g/mol. The van der Waals surface area contributed by atoms with Crippen LogP contribution in [0.3, 0.4) is 0 Å². The van der Waals surface area contributed by atoms with Gasteiger partial charge in [0.1, 0.15) is 25.7 Å². The van der Waals surface area contributed by atoms with Crippen LogP contribution in [0.5, 0.6) is 0 Å². The fourth-order valence-electron chi connectivity index (χ4n) is 2.99. The molecule has 1 saturated heterocycles. The lowest BCUT2D eigenvalue weighted by Gasteiger charge is -2.23. The molecule has 6 nitrogen and oxygen atoms in total. The van der Waals surface area contributed by atoms with Gasteiger partial charge in [0, 0.05) is 11.3 Å². The number of ether oxygens (including phenoxy) is 1. The summed E-state index contributed by atoms with van der Waals surface area (Å²) in [5, 5.41) is 4.91. The molecule has 1 aliphatic rings. The molecule has 0 bridgehead atoms. The summed E-state index contributed by atoms with van der Waals surface area (Å²) in [6, 6.07) is 12.0. The zero-order valence-corrected chi connectivity index (χ0v) is 14.7. The van der Waals surface area contributed by atoms with E-state index in [1.807, 2.05) is 36.5 Å². The molecule has 4 N–H and O–H groups in total. The molecule has 1 fully saturated rings. The number of carbonyl (C=O) groups excluding carboxylic acids is 1. The fraction of sp³-hybridized carbons (Fsp3) is 0.421. The highest BCUT2D eigenvalue weighted by molar-refractivity contribution is 5.91. The first kappa shape index (κ1) is 17.7. The molecule has 0 spiro atoms. The number of rotatable bonds is 7. The fourth-order valence-corrected chi connectivity index (χ4v) is 2.99. The number of hydrogen-bond donors (Lipinski definition) is 3. The molecule has 3 rings (SSSR count). The number of benzene rings is 1. The van der Waals surface area contributed by atoms with Crippen LogP contribution in [-0.2, 0) is 16.1 Å². The molecule has 0 radical (unpaired) electrons. The van der Waals surface area contributed by atoms with Gasteiger partial charge in [-0.2, -0.15) is 0 Å². The smallest absolute Gasteiger partial charge is 0.279 e. The highest BCUT2D eigenvalue weighted by atomic mass is 16.5. The number of carbonyl (C=O) groups is 1. The molecule has 1 aromatic heterocycles. The Morgan fingerprint density at radius 3 is 2.68 bits per heavy atom. The first-order valence-corrected chi connectivity index (χ1v) is 8.87. The average Bonchev–Trinajstić information content (AvgIpc) is 3.17. The summed E-state index contributed by atoms with van der Waals surface area (Å²) in [6.45, 7) is 7.19. The van der Waals surface area contributed by atoms with Gasteiger partial charge in [-0.25, -0.2) is 0 Å². The van der Waals surface area contributed by atoms with Crippen LogP contribution in [0.15, 0.2) is 47.1 Å². The molecule has 25 heavy (non-hydrogen) atoms. The van der Waals surface area contributed by atoms with Crippen molar-refractivity contribution in [1.82, 2.24) is 0 Å². The van der Waals surface area contributed by atoms with Crippen LogP contribution in [0.4, 0.5) is 5.69 Å². The van der Waals surface area contributed by atoms with Crippen molar-refractivity contribution in [3.63, 3.8) is 0 Å². The number of hydrogen-bond acceptors (Lipinski definition) is 3. The Hall–Kier alpha value is -2.15. The van der Waals surface area contributed by atoms with E-state index >= 15 is 0 Å². The Morgan fingerprint density at radius 2 is 2.00 bits per heavy atom. The number of nitrogens with one attached hydrogen (secondary N) is 2. The lowest BCUT2D eigenvalue weighted by atomic mass is 10.2. The van der Waals surface area contributed by atoms with Gasteiger partial charge >= 0.3 is 0 Å². The summed E-state index contributed by atoms with van der Waals surface area (Å²) in [5.74, 6) is 0.868. The average molecular weight is 345 g/mol. The van der Waals surface area contributed by atoms with Gasteiger partial charge in [0.05, 0.1) is 19.5 Å². The van der Waals surface area contributed by atoms with Crippen LogP contribution >= 0.6 is 0 Å². The third kappa shape index (κ3) is 5.42. The number of nitrogens with two attached hydrogens (primary N) is 1. The first-order valence-electron chi connectivity index (χ1n) is 8.87. The van der Waals surface area contributed by atoms with Crippen molar-refractivity contribution < 1.29 is 24.2 Å². The lowest BCUT2D eigenvalue weighted by molar-refractivity contribution is -0.921. The zero-order chi connectivity index (χ0) is 17.5. The van der Waals surface area contributed by atoms with E-state index < -0.39 is 0 Å². The van der Waals surface area contributed by atoms with Crippen molar-refractivity contribution in [2.75, 3.05) is 38.2 Å². The van der Waals surface area contributed by atoms with Crippen LogP contribution in [0.2, 0.25) is 0 Å². The first-order chi connectivity index (χ1) is 12.2. The van der Waals surface area contributed by atoms with Crippen LogP contribution < -0.4 is 15.5 Å². The molecular weight excluding hydrogens is 318 g/mol. The highest BCUT2D eigenvalue weighted by Gasteiger charge is 2.15. The Labute approximate surface area is 148 Å². The third-order valence-corrected chi connectivity index (χ3v) is 4.54. The standard InChI is InChI=1S/C19H25N3O3/c1-15(18-3-2-10-25-18)20-13-19(23)21-17-6-4-16(5-7-17)14-22-8-11-24-12-9-22/h2-7,10,15,20H,8-9,11-14H2,1H3,(H,21,23)/p+2/t15-/m0/s1.